The molecule has 1 amide bonds. The third-order valence-electron chi connectivity index (χ3n) is 4.48. The molecular weight excluding hydrogens is 235 g/mol. The quantitative estimate of drug-likeness (QED) is 0.627. The molecule has 3 N–H and O–H groups in total. The lowest BCUT2D eigenvalue weighted by molar-refractivity contribution is -0.131. The molecule has 3 saturated heterocycles. The minimum absolute atomic E-state index is 0.155. The summed E-state index contributed by atoms with van der Waals surface area (Å²) in [7, 11) is 0. The van der Waals surface area contributed by atoms with E-state index in [1.807, 2.05) is 4.90 Å². The summed E-state index contributed by atoms with van der Waals surface area (Å²) in [6.07, 6.45) is 0.653. The largest absolute Gasteiger partial charge is 0.337 e. The minimum Gasteiger partial charge on any atom is -0.337 e. The lowest BCUT2D eigenvalue weighted by Gasteiger charge is -2.46. The van der Waals surface area contributed by atoms with Gasteiger partial charge in [-0.25, -0.2) is 4.39 Å². The van der Waals surface area contributed by atoms with E-state index in [0.29, 0.717) is 19.5 Å². The van der Waals surface area contributed by atoms with Crippen LogP contribution in [0, 0.1) is 0 Å². The third kappa shape index (κ3) is 2.02. The number of halogens is 1. The summed E-state index contributed by atoms with van der Waals surface area (Å²) in [5.74, 6) is 0.256. The summed E-state index contributed by atoms with van der Waals surface area (Å²) in [5, 5.41) is 3.02. The molecule has 3 fully saturated rings. The first-order chi connectivity index (χ1) is 8.66. The maximum Gasteiger partial charge on any atom is 0.222 e. The molecule has 3 heterocycles. The summed E-state index contributed by atoms with van der Waals surface area (Å²) in [5.41, 5.74) is 6.04. The van der Waals surface area contributed by atoms with E-state index < -0.39 is 6.17 Å². The number of nitrogens with zero attached hydrogens (tertiary/aromatic N) is 2. The number of carbonyl (C=O) groups excluding carboxylic acids is 1. The van der Waals surface area contributed by atoms with Gasteiger partial charge < -0.3 is 16.0 Å². The lowest BCUT2D eigenvalue weighted by Crippen LogP contribution is -2.66. The first kappa shape index (κ1) is 12.3. The van der Waals surface area contributed by atoms with E-state index in [1.54, 1.807) is 0 Å². The number of amides is 1. The predicted molar refractivity (Wildman–Crippen MR) is 65.8 cm³/mol. The van der Waals surface area contributed by atoms with Gasteiger partial charge in [0.2, 0.25) is 5.91 Å². The van der Waals surface area contributed by atoms with E-state index in [-0.39, 0.29) is 24.0 Å². The van der Waals surface area contributed by atoms with Gasteiger partial charge >= 0.3 is 0 Å². The molecule has 0 aromatic rings. The van der Waals surface area contributed by atoms with Crippen molar-refractivity contribution < 1.29 is 9.18 Å². The zero-order chi connectivity index (χ0) is 12.7. The molecular formula is C12H21FN4O. The SMILES string of the molecule is NC1CNCC(F)C1N1CCN2C(=O)CC[C@@H]2C1. The molecule has 5 nitrogen and oxygen atoms in total. The fraction of sp³-hybridized carbons (Fsp3) is 0.917. The third-order valence-corrected chi connectivity index (χ3v) is 4.48. The highest BCUT2D eigenvalue weighted by molar-refractivity contribution is 5.78. The number of hydrogen-bond acceptors (Lipinski definition) is 4. The molecule has 0 spiro atoms. The molecule has 0 aromatic carbocycles. The highest BCUT2D eigenvalue weighted by Gasteiger charge is 2.42. The van der Waals surface area contributed by atoms with Gasteiger partial charge in [0, 0.05) is 51.2 Å². The van der Waals surface area contributed by atoms with Gasteiger partial charge in [0.25, 0.3) is 0 Å². The van der Waals surface area contributed by atoms with E-state index in [2.05, 4.69) is 10.2 Å². The normalized spacial score (nSPS) is 42.1. The molecule has 4 atom stereocenters. The summed E-state index contributed by atoms with van der Waals surface area (Å²) in [6.45, 7) is 3.33. The Morgan fingerprint density at radius 2 is 2.17 bits per heavy atom. The summed E-state index contributed by atoms with van der Waals surface area (Å²) in [6, 6.07) is -0.0676. The number of piperazine rings is 1. The zero-order valence-corrected chi connectivity index (χ0v) is 10.5. The van der Waals surface area contributed by atoms with Gasteiger partial charge in [-0.15, -0.1) is 0 Å². The van der Waals surface area contributed by atoms with Crippen LogP contribution >= 0.6 is 0 Å². The number of carbonyl (C=O) groups is 1. The first-order valence-electron chi connectivity index (χ1n) is 6.80. The van der Waals surface area contributed by atoms with Gasteiger partial charge in [-0.2, -0.15) is 0 Å². The fourth-order valence-electron chi connectivity index (χ4n) is 3.56. The Balaban J connectivity index is 1.68. The van der Waals surface area contributed by atoms with Gasteiger partial charge in [-0.05, 0) is 6.42 Å². The van der Waals surface area contributed by atoms with Crippen molar-refractivity contribution in [2.24, 2.45) is 5.73 Å². The predicted octanol–water partition coefficient (Wildman–Crippen LogP) is -1.07. The first-order valence-corrected chi connectivity index (χ1v) is 6.80. The van der Waals surface area contributed by atoms with Gasteiger partial charge in [-0.3, -0.25) is 9.69 Å². The van der Waals surface area contributed by atoms with Crippen LogP contribution in [0.1, 0.15) is 12.8 Å². The summed E-state index contributed by atoms with van der Waals surface area (Å²) < 4.78 is 14.0. The maximum atomic E-state index is 14.0. The summed E-state index contributed by atoms with van der Waals surface area (Å²) in [4.78, 5) is 15.7. The molecule has 0 aromatic heterocycles. The number of rotatable bonds is 1. The van der Waals surface area contributed by atoms with Crippen molar-refractivity contribution in [3.8, 4) is 0 Å². The Hall–Kier alpha value is -0.720. The van der Waals surface area contributed by atoms with Crippen LogP contribution in [0.15, 0.2) is 0 Å². The van der Waals surface area contributed by atoms with Crippen molar-refractivity contribution in [3.05, 3.63) is 0 Å². The minimum atomic E-state index is -0.905. The van der Waals surface area contributed by atoms with E-state index in [0.717, 1.165) is 26.1 Å². The number of nitrogens with one attached hydrogen (secondary N) is 1. The molecule has 3 rings (SSSR count). The van der Waals surface area contributed by atoms with E-state index in [1.165, 1.54) is 0 Å². The van der Waals surface area contributed by atoms with Crippen LogP contribution in [-0.4, -0.2) is 72.7 Å². The van der Waals surface area contributed by atoms with E-state index in [4.69, 9.17) is 5.73 Å². The number of hydrogen-bond donors (Lipinski definition) is 2. The Kier molecular flexibility index (Phi) is 3.25. The lowest BCUT2D eigenvalue weighted by atomic mass is 9.96. The van der Waals surface area contributed by atoms with Crippen molar-refractivity contribution >= 4 is 5.91 Å². The molecule has 0 radical (unpaired) electrons. The smallest absolute Gasteiger partial charge is 0.222 e. The standard InChI is InChI=1S/C12H21FN4O/c13-9-5-15-6-10(14)12(9)16-3-4-17-8(7-16)1-2-11(17)18/h8-10,12,15H,1-7,14H2/t8-,9?,10?,12?/m1/s1. The number of alkyl halides is 1. The van der Waals surface area contributed by atoms with Gasteiger partial charge in [0.05, 0.1) is 6.04 Å². The second-order valence-corrected chi connectivity index (χ2v) is 5.60. The van der Waals surface area contributed by atoms with Gasteiger partial charge in [0.1, 0.15) is 6.17 Å². The average Bonchev–Trinajstić information content (AvgIpc) is 2.71. The molecule has 0 bridgehead atoms. The number of nitrogens with two attached hydrogens (primary N) is 1. The molecule has 18 heavy (non-hydrogen) atoms. The van der Waals surface area contributed by atoms with Crippen molar-refractivity contribution in [3.63, 3.8) is 0 Å². The Morgan fingerprint density at radius 3 is 2.94 bits per heavy atom. The summed E-state index contributed by atoms with van der Waals surface area (Å²) >= 11 is 0. The molecule has 0 aliphatic carbocycles. The van der Waals surface area contributed by atoms with Crippen molar-refractivity contribution in [2.75, 3.05) is 32.7 Å². The van der Waals surface area contributed by atoms with Crippen LogP contribution in [0.2, 0.25) is 0 Å². The average molecular weight is 256 g/mol. The second kappa shape index (κ2) is 4.75. The van der Waals surface area contributed by atoms with Gasteiger partial charge in [-0.1, -0.05) is 0 Å². The zero-order valence-electron chi connectivity index (χ0n) is 10.5. The van der Waals surface area contributed by atoms with E-state index in [9.17, 15) is 9.18 Å². The maximum absolute atomic E-state index is 14.0. The van der Waals surface area contributed by atoms with Crippen molar-refractivity contribution in [2.45, 2.75) is 37.1 Å². The molecule has 3 unspecified atom stereocenters. The van der Waals surface area contributed by atoms with Crippen molar-refractivity contribution in [1.29, 1.82) is 0 Å². The molecule has 3 aliphatic heterocycles. The van der Waals surface area contributed by atoms with Crippen LogP contribution in [0.4, 0.5) is 4.39 Å². The highest BCUT2D eigenvalue weighted by Crippen LogP contribution is 2.26. The van der Waals surface area contributed by atoms with Crippen LogP contribution < -0.4 is 11.1 Å². The molecule has 3 aliphatic rings. The second-order valence-electron chi connectivity index (χ2n) is 5.60. The highest BCUT2D eigenvalue weighted by atomic mass is 19.1. The fourth-order valence-corrected chi connectivity index (χ4v) is 3.56. The van der Waals surface area contributed by atoms with E-state index >= 15 is 0 Å². The number of piperidine rings is 1. The topological polar surface area (TPSA) is 61.6 Å². The van der Waals surface area contributed by atoms with Crippen LogP contribution in [0.5, 0.6) is 0 Å². The molecule has 102 valence electrons. The van der Waals surface area contributed by atoms with Crippen LogP contribution in [-0.2, 0) is 4.79 Å². The monoisotopic (exact) mass is 256 g/mol. The van der Waals surface area contributed by atoms with Crippen molar-refractivity contribution in [1.82, 2.24) is 15.1 Å². The Labute approximate surface area is 106 Å². The molecule has 0 saturated carbocycles. The van der Waals surface area contributed by atoms with Gasteiger partial charge in [0.15, 0.2) is 0 Å². The Bertz CT molecular complexity index is 330. The number of fused-ring (bicyclic) bond motifs is 1. The van der Waals surface area contributed by atoms with Crippen LogP contribution in [0.3, 0.4) is 0 Å². The van der Waals surface area contributed by atoms with Crippen LogP contribution in [0.25, 0.3) is 0 Å². The molecule has 6 heteroatoms. The Morgan fingerprint density at radius 1 is 1.33 bits per heavy atom.